The maximum atomic E-state index is 12.6. The van der Waals surface area contributed by atoms with Crippen molar-refractivity contribution >= 4 is 49.4 Å². The molecule has 1 unspecified atom stereocenters. The first-order valence-electron chi connectivity index (χ1n) is 7.50. The summed E-state index contributed by atoms with van der Waals surface area (Å²) in [6, 6.07) is 13.7. The molecule has 0 heterocycles. The predicted molar refractivity (Wildman–Crippen MR) is 103 cm³/mol. The van der Waals surface area contributed by atoms with Crippen LogP contribution in [0.25, 0.3) is 0 Å². The third-order valence-electron chi connectivity index (χ3n) is 3.46. The number of hydrogen-bond acceptors (Lipinski definition) is 2. The Labute approximate surface area is 158 Å². The molecule has 126 valence electrons. The topological polar surface area (TPSA) is 58.2 Å². The molecule has 2 rings (SSSR count). The van der Waals surface area contributed by atoms with Crippen LogP contribution in [0.1, 0.15) is 24.2 Å². The fourth-order valence-electron chi connectivity index (χ4n) is 2.15. The largest absolute Gasteiger partial charge is 0.340 e. The molecule has 6 heteroatoms. The number of anilines is 1. The van der Waals surface area contributed by atoms with Gasteiger partial charge in [0.15, 0.2) is 0 Å². The molecular weight excluding hydrogens is 436 g/mol. The van der Waals surface area contributed by atoms with Crippen LogP contribution in [0, 0.1) is 5.92 Å². The van der Waals surface area contributed by atoms with Gasteiger partial charge in [0.05, 0.1) is 5.69 Å². The summed E-state index contributed by atoms with van der Waals surface area (Å²) in [5.74, 6) is -0.575. The van der Waals surface area contributed by atoms with Gasteiger partial charge < -0.3 is 10.6 Å². The highest BCUT2D eigenvalue weighted by atomic mass is 79.9. The third kappa shape index (κ3) is 4.92. The molecule has 24 heavy (non-hydrogen) atoms. The number of benzene rings is 2. The average Bonchev–Trinajstić information content (AvgIpc) is 2.56. The van der Waals surface area contributed by atoms with Gasteiger partial charge in [0.2, 0.25) is 5.91 Å². The van der Waals surface area contributed by atoms with E-state index >= 15 is 0 Å². The van der Waals surface area contributed by atoms with Crippen LogP contribution in [0.3, 0.4) is 0 Å². The highest BCUT2D eigenvalue weighted by Gasteiger charge is 2.25. The second-order valence-corrected chi connectivity index (χ2v) is 7.44. The van der Waals surface area contributed by atoms with Crippen molar-refractivity contribution in [2.24, 2.45) is 5.92 Å². The smallest absolute Gasteiger partial charge is 0.251 e. The second-order valence-electron chi connectivity index (χ2n) is 5.67. The lowest BCUT2D eigenvalue weighted by Gasteiger charge is -2.22. The van der Waals surface area contributed by atoms with Crippen molar-refractivity contribution in [3.63, 3.8) is 0 Å². The van der Waals surface area contributed by atoms with Gasteiger partial charge in [-0.3, -0.25) is 9.59 Å². The molecule has 0 radical (unpaired) electrons. The van der Waals surface area contributed by atoms with E-state index in [4.69, 9.17) is 0 Å². The van der Waals surface area contributed by atoms with Crippen LogP contribution in [0.4, 0.5) is 5.69 Å². The molecule has 4 nitrogen and oxygen atoms in total. The van der Waals surface area contributed by atoms with Gasteiger partial charge in [-0.1, -0.05) is 48.0 Å². The average molecular weight is 454 g/mol. The summed E-state index contributed by atoms with van der Waals surface area (Å²) in [7, 11) is 0. The number of amides is 2. The van der Waals surface area contributed by atoms with Gasteiger partial charge in [-0.2, -0.15) is 0 Å². The summed E-state index contributed by atoms with van der Waals surface area (Å²) in [4.78, 5) is 25.0. The van der Waals surface area contributed by atoms with Crippen LogP contribution in [-0.4, -0.2) is 17.9 Å². The first kappa shape index (κ1) is 18.7. The highest BCUT2D eigenvalue weighted by Crippen LogP contribution is 2.26. The fourth-order valence-corrected chi connectivity index (χ4v) is 2.86. The molecule has 0 bridgehead atoms. The first-order valence-corrected chi connectivity index (χ1v) is 9.09. The zero-order valence-corrected chi connectivity index (χ0v) is 16.5. The van der Waals surface area contributed by atoms with Crippen LogP contribution < -0.4 is 10.6 Å². The Bertz CT molecular complexity index is 733. The van der Waals surface area contributed by atoms with E-state index < -0.39 is 6.04 Å². The first-order chi connectivity index (χ1) is 11.4. The molecule has 1 atom stereocenters. The maximum absolute atomic E-state index is 12.6. The van der Waals surface area contributed by atoms with Crippen molar-refractivity contribution < 1.29 is 9.59 Å². The van der Waals surface area contributed by atoms with E-state index in [2.05, 4.69) is 42.5 Å². The molecule has 0 saturated carbocycles. The Morgan fingerprint density at radius 2 is 1.67 bits per heavy atom. The van der Waals surface area contributed by atoms with Gasteiger partial charge >= 0.3 is 0 Å². The number of carbonyl (C=O) groups excluding carboxylic acids is 2. The quantitative estimate of drug-likeness (QED) is 0.694. The molecule has 0 aliphatic carbocycles. The molecule has 0 aliphatic heterocycles. The van der Waals surface area contributed by atoms with Crippen LogP contribution in [0.5, 0.6) is 0 Å². The molecule has 0 spiro atoms. The van der Waals surface area contributed by atoms with E-state index in [0.717, 1.165) is 8.95 Å². The van der Waals surface area contributed by atoms with E-state index in [9.17, 15) is 9.59 Å². The van der Waals surface area contributed by atoms with Gasteiger partial charge in [-0.05, 0) is 52.2 Å². The maximum Gasteiger partial charge on any atom is 0.251 e. The Kier molecular flexibility index (Phi) is 6.57. The number of hydrogen-bond donors (Lipinski definition) is 2. The van der Waals surface area contributed by atoms with Gasteiger partial charge in [0.25, 0.3) is 5.91 Å². The lowest BCUT2D eigenvalue weighted by molar-refractivity contribution is -0.118. The molecule has 0 saturated heterocycles. The SMILES string of the molecule is CC(C)C(NC(=O)c1ccccc1)C(=O)Nc1cc(Br)ccc1Br. The van der Waals surface area contributed by atoms with Crippen LogP contribution in [0.15, 0.2) is 57.5 Å². The molecular formula is C18H18Br2N2O2. The normalized spacial score (nSPS) is 11.9. The summed E-state index contributed by atoms with van der Waals surface area (Å²) in [6.07, 6.45) is 0. The van der Waals surface area contributed by atoms with Crippen molar-refractivity contribution in [3.05, 3.63) is 63.0 Å². The van der Waals surface area contributed by atoms with Crippen LogP contribution in [0.2, 0.25) is 0 Å². The van der Waals surface area contributed by atoms with Crippen molar-refractivity contribution in [2.75, 3.05) is 5.32 Å². The number of nitrogens with one attached hydrogen (secondary N) is 2. The lowest BCUT2D eigenvalue weighted by Crippen LogP contribution is -2.47. The van der Waals surface area contributed by atoms with Crippen LogP contribution >= 0.6 is 31.9 Å². The summed E-state index contributed by atoms with van der Waals surface area (Å²) < 4.78 is 1.63. The molecule has 2 aromatic carbocycles. The van der Waals surface area contributed by atoms with Crippen molar-refractivity contribution in [1.29, 1.82) is 0 Å². The molecule has 2 N–H and O–H groups in total. The van der Waals surface area contributed by atoms with Crippen molar-refractivity contribution in [2.45, 2.75) is 19.9 Å². The Morgan fingerprint density at radius 1 is 1.00 bits per heavy atom. The lowest BCUT2D eigenvalue weighted by atomic mass is 10.0. The van der Waals surface area contributed by atoms with Gasteiger partial charge in [-0.25, -0.2) is 0 Å². The summed E-state index contributed by atoms with van der Waals surface area (Å²) in [6.45, 7) is 3.79. The van der Waals surface area contributed by atoms with E-state index in [0.29, 0.717) is 11.3 Å². The minimum atomic E-state index is -0.636. The number of carbonyl (C=O) groups is 2. The minimum absolute atomic E-state index is 0.0522. The van der Waals surface area contributed by atoms with E-state index in [-0.39, 0.29) is 17.7 Å². The van der Waals surface area contributed by atoms with Crippen molar-refractivity contribution in [3.8, 4) is 0 Å². The second kappa shape index (κ2) is 8.44. The van der Waals surface area contributed by atoms with E-state index in [1.807, 2.05) is 32.0 Å². The summed E-state index contributed by atoms with van der Waals surface area (Å²) in [5.41, 5.74) is 1.17. The molecule has 0 aliphatic rings. The van der Waals surface area contributed by atoms with Gasteiger partial charge in [0.1, 0.15) is 6.04 Å². The van der Waals surface area contributed by atoms with E-state index in [1.54, 1.807) is 30.3 Å². The Balaban J connectivity index is 2.13. The highest BCUT2D eigenvalue weighted by molar-refractivity contribution is 9.11. The molecule has 0 aromatic heterocycles. The molecule has 0 fully saturated rings. The standard InChI is InChI=1S/C18H18Br2N2O2/c1-11(2)16(22-17(23)12-6-4-3-5-7-12)18(24)21-15-10-13(19)8-9-14(15)20/h3-11,16H,1-2H3,(H,21,24)(H,22,23). The predicted octanol–water partition coefficient (Wildman–Crippen LogP) is 4.60. The summed E-state index contributed by atoms with van der Waals surface area (Å²) in [5, 5.41) is 5.67. The number of rotatable bonds is 5. The molecule has 2 aromatic rings. The monoisotopic (exact) mass is 452 g/mol. The summed E-state index contributed by atoms with van der Waals surface area (Å²) >= 11 is 6.79. The number of halogens is 2. The fraction of sp³-hybridized carbons (Fsp3) is 0.222. The van der Waals surface area contributed by atoms with Crippen LogP contribution in [-0.2, 0) is 4.79 Å². The van der Waals surface area contributed by atoms with Gasteiger partial charge in [0, 0.05) is 14.5 Å². The zero-order valence-electron chi connectivity index (χ0n) is 13.3. The van der Waals surface area contributed by atoms with Gasteiger partial charge in [-0.15, -0.1) is 0 Å². The minimum Gasteiger partial charge on any atom is -0.340 e. The molecule has 2 amide bonds. The third-order valence-corrected chi connectivity index (χ3v) is 4.64. The zero-order chi connectivity index (χ0) is 17.7. The Hall–Kier alpha value is -1.66. The van der Waals surface area contributed by atoms with E-state index in [1.165, 1.54) is 0 Å². The van der Waals surface area contributed by atoms with Crippen molar-refractivity contribution in [1.82, 2.24) is 5.32 Å². The Morgan fingerprint density at radius 3 is 2.29 bits per heavy atom.